The van der Waals surface area contributed by atoms with Crippen molar-refractivity contribution in [2.75, 3.05) is 0 Å². The molecule has 0 radical (unpaired) electrons. The molecule has 0 aliphatic carbocycles. The summed E-state index contributed by atoms with van der Waals surface area (Å²) in [5.74, 6) is -0.309. The Bertz CT molecular complexity index is 674. The van der Waals surface area contributed by atoms with Crippen molar-refractivity contribution >= 4 is 23.2 Å². The number of aliphatic hydroxyl groups excluding tert-OH is 1. The molecule has 1 N–H and O–H groups in total. The van der Waals surface area contributed by atoms with Crippen molar-refractivity contribution in [3.63, 3.8) is 0 Å². The van der Waals surface area contributed by atoms with Crippen molar-refractivity contribution in [1.29, 1.82) is 0 Å². The number of benzene rings is 1. The summed E-state index contributed by atoms with van der Waals surface area (Å²) in [6, 6.07) is 6.77. The van der Waals surface area contributed by atoms with E-state index in [0.29, 0.717) is 29.5 Å². The zero-order chi connectivity index (χ0) is 16.3. The van der Waals surface area contributed by atoms with Gasteiger partial charge < -0.3 is 5.11 Å². The van der Waals surface area contributed by atoms with Gasteiger partial charge >= 0.3 is 0 Å². The Morgan fingerprint density at radius 3 is 2.55 bits per heavy atom. The first-order valence-electron chi connectivity index (χ1n) is 7.24. The highest BCUT2D eigenvalue weighted by Gasteiger charge is 2.16. The summed E-state index contributed by atoms with van der Waals surface area (Å²) in [7, 11) is 0. The third-order valence-corrected chi connectivity index (χ3v) is 4.09. The van der Waals surface area contributed by atoms with Gasteiger partial charge in [-0.3, -0.25) is 0 Å². The Labute approximate surface area is 139 Å². The van der Waals surface area contributed by atoms with Crippen molar-refractivity contribution in [2.45, 2.75) is 39.2 Å². The van der Waals surface area contributed by atoms with Crippen LogP contribution >= 0.6 is 23.2 Å². The molecule has 1 unspecified atom stereocenters. The molecule has 5 heteroatoms. The lowest BCUT2D eigenvalue weighted by atomic mass is 9.96. The fourth-order valence-corrected chi connectivity index (χ4v) is 2.86. The third-order valence-electron chi connectivity index (χ3n) is 3.59. The van der Waals surface area contributed by atoms with E-state index < -0.39 is 6.10 Å². The van der Waals surface area contributed by atoms with Gasteiger partial charge in [-0.05, 0) is 55.0 Å². The highest BCUT2D eigenvalue weighted by Crippen LogP contribution is 2.33. The van der Waals surface area contributed by atoms with Crippen LogP contribution in [0.1, 0.15) is 31.4 Å². The summed E-state index contributed by atoms with van der Waals surface area (Å²) >= 11 is 12.2. The average Bonchev–Trinajstić information content (AvgIpc) is 2.45. The van der Waals surface area contributed by atoms with E-state index in [2.05, 4.69) is 4.98 Å². The van der Waals surface area contributed by atoms with E-state index in [4.69, 9.17) is 23.2 Å². The van der Waals surface area contributed by atoms with Gasteiger partial charge in [-0.2, -0.15) is 0 Å². The van der Waals surface area contributed by atoms with Gasteiger partial charge in [0.25, 0.3) is 0 Å². The van der Waals surface area contributed by atoms with Gasteiger partial charge in [0.2, 0.25) is 0 Å². The fraction of sp³-hybridized carbons (Fsp3) is 0.353. The Balaban J connectivity index is 2.53. The molecule has 2 nitrogen and oxygen atoms in total. The van der Waals surface area contributed by atoms with Crippen LogP contribution in [0, 0.1) is 5.82 Å². The first-order valence-corrected chi connectivity index (χ1v) is 7.99. The summed E-state index contributed by atoms with van der Waals surface area (Å²) in [4.78, 5) is 4.03. The number of hydrogen-bond acceptors (Lipinski definition) is 2. The molecule has 1 heterocycles. The Morgan fingerprint density at radius 1 is 1.23 bits per heavy atom. The van der Waals surface area contributed by atoms with Gasteiger partial charge in [-0.15, -0.1) is 0 Å². The minimum atomic E-state index is -0.466. The van der Waals surface area contributed by atoms with Gasteiger partial charge in [-0.1, -0.05) is 42.3 Å². The highest BCUT2D eigenvalue weighted by atomic mass is 35.5. The molecule has 0 amide bonds. The first kappa shape index (κ1) is 17.2. The van der Waals surface area contributed by atoms with Crippen LogP contribution in [0.2, 0.25) is 10.3 Å². The van der Waals surface area contributed by atoms with E-state index in [9.17, 15) is 9.50 Å². The normalized spacial score (nSPS) is 12.5. The largest absolute Gasteiger partial charge is 0.393 e. The number of aromatic nitrogens is 1. The molecule has 22 heavy (non-hydrogen) atoms. The second-order valence-corrected chi connectivity index (χ2v) is 6.06. The van der Waals surface area contributed by atoms with E-state index in [0.717, 1.165) is 12.0 Å². The molecular weight excluding hydrogens is 324 g/mol. The maximum atomic E-state index is 14.4. The summed E-state index contributed by atoms with van der Waals surface area (Å²) < 4.78 is 14.4. The monoisotopic (exact) mass is 341 g/mol. The fourth-order valence-electron chi connectivity index (χ4n) is 2.34. The minimum Gasteiger partial charge on any atom is -0.393 e. The lowest BCUT2D eigenvalue weighted by Gasteiger charge is -2.14. The maximum absolute atomic E-state index is 14.4. The number of rotatable bonds is 5. The molecule has 0 aliphatic rings. The number of pyridine rings is 1. The predicted molar refractivity (Wildman–Crippen MR) is 89.0 cm³/mol. The molecule has 2 aromatic rings. The van der Waals surface area contributed by atoms with Crippen LogP contribution in [-0.4, -0.2) is 16.2 Å². The minimum absolute atomic E-state index is 0.222. The molecule has 0 aliphatic heterocycles. The summed E-state index contributed by atoms with van der Waals surface area (Å²) in [5, 5.41) is 9.95. The van der Waals surface area contributed by atoms with Gasteiger partial charge in [0.1, 0.15) is 16.1 Å². The maximum Gasteiger partial charge on any atom is 0.134 e. The van der Waals surface area contributed by atoms with Gasteiger partial charge in [0, 0.05) is 5.56 Å². The van der Waals surface area contributed by atoms with Crippen LogP contribution in [-0.2, 0) is 12.8 Å². The van der Waals surface area contributed by atoms with Crippen LogP contribution in [0.4, 0.5) is 4.39 Å². The molecule has 0 bridgehead atoms. The summed E-state index contributed by atoms with van der Waals surface area (Å²) in [6.45, 7) is 3.68. The Kier molecular flexibility index (Phi) is 5.79. The highest BCUT2D eigenvalue weighted by molar-refractivity contribution is 6.33. The Hall–Kier alpha value is -1.16. The zero-order valence-electron chi connectivity index (χ0n) is 12.5. The quantitative estimate of drug-likeness (QED) is 0.770. The number of halogens is 3. The van der Waals surface area contributed by atoms with E-state index >= 15 is 0 Å². The van der Waals surface area contributed by atoms with Crippen LogP contribution in [0.25, 0.3) is 11.1 Å². The average molecular weight is 342 g/mol. The van der Waals surface area contributed by atoms with Crippen molar-refractivity contribution in [3.05, 3.63) is 51.5 Å². The topological polar surface area (TPSA) is 33.1 Å². The number of nitrogens with zero attached hydrogens (tertiary/aromatic N) is 1. The van der Waals surface area contributed by atoms with Crippen molar-refractivity contribution in [2.24, 2.45) is 0 Å². The number of hydrogen-bond donors (Lipinski definition) is 1. The molecular formula is C17H18Cl2FNO. The lowest BCUT2D eigenvalue weighted by molar-refractivity contribution is 0.185. The second kappa shape index (κ2) is 7.40. The van der Waals surface area contributed by atoms with Crippen molar-refractivity contribution < 1.29 is 9.50 Å². The lowest BCUT2D eigenvalue weighted by Crippen LogP contribution is -2.04. The summed E-state index contributed by atoms with van der Waals surface area (Å²) in [5.41, 5.74) is 2.71. The van der Waals surface area contributed by atoms with E-state index in [1.165, 1.54) is 6.07 Å². The third kappa shape index (κ3) is 3.97. The van der Waals surface area contributed by atoms with E-state index in [1.807, 2.05) is 13.0 Å². The van der Waals surface area contributed by atoms with E-state index in [1.54, 1.807) is 19.1 Å². The van der Waals surface area contributed by atoms with Crippen molar-refractivity contribution in [3.8, 4) is 11.1 Å². The van der Waals surface area contributed by atoms with Gasteiger partial charge in [0.05, 0.1) is 6.10 Å². The summed E-state index contributed by atoms with van der Waals surface area (Å²) in [6.07, 6.45) is 1.33. The van der Waals surface area contributed by atoms with Crippen LogP contribution < -0.4 is 0 Å². The molecule has 2 rings (SSSR count). The first-order chi connectivity index (χ1) is 10.4. The zero-order valence-corrected chi connectivity index (χ0v) is 14.0. The number of aryl methyl sites for hydroxylation is 1. The standard InChI is InChI=1S/C17H18Cl2FNO/c1-3-11-5-7-12(15(20)8-11)14-9-16(18)21-17(19)13(14)6-4-10(2)22/h5,7-10,22H,3-4,6H2,1-2H3. The smallest absolute Gasteiger partial charge is 0.134 e. The van der Waals surface area contributed by atoms with Crippen LogP contribution in [0.15, 0.2) is 24.3 Å². The molecule has 118 valence electrons. The predicted octanol–water partition coefficient (Wildman–Crippen LogP) is 5.07. The van der Waals surface area contributed by atoms with Crippen LogP contribution in [0.5, 0.6) is 0 Å². The van der Waals surface area contributed by atoms with Gasteiger partial charge in [0.15, 0.2) is 0 Å². The molecule has 0 saturated carbocycles. The van der Waals surface area contributed by atoms with Gasteiger partial charge in [-0.25, -0.2) is 9.37 Å². The molecule has 0 spiro atoms. The molecule has 1 aromatic carbocycles. The molecule has 1 atom stereocenters. The molecule has 0 saturated heterocycles. The number of aliphatic hydroxyl groups is 1. The Morgan fingerprint density at radius 2 is 1.95 bits per heavy atom. The van der Waals surface area contributed by atoms with E-state index in [-0.39, 0.29) is 16.1 Å². The molecule has 1 aromatic heterocycles. The van der Waals surface area contributed by atoms with Crippen LogP contribution in [0.3, 0.4) is 0 Å². The molecule has 0 fully saturated rings. The second-order valence-electron chi connectivity index (χ2n) is 5.32. The SMILES string of the molecule is CCc1ccc(-c2cc(Cl)nc(Cl)c2CCC(C)O)c(F)c1. The van der Waals surface area contributed by atoms with Crippen molar-refractivity contribution in [1.82, 2.24) is 4.98 Å².